The predicted octanol–water partition coefficient (Wildman–Crippen LogP) is 2.95. The lowest BCUT2D eigenvalue weighted by atomic mass is 9.64. The van der Waals surface area contributed by atoms with Crippen molar-refractivity contribution in [3.05, 3.63) is 0 Å². The number of nitrogens with one attached hydrogen (secondary N) is 1. The minimum atomic E-state index is -0.444. The second-order valence-electron chi connectivity index (χ2n) is 6.60. The Labute approximate surface area is 106 Å². The van der Waals surface area contributed by atoms with Crippen molar-refractivity contribution in [1.82, 2.24) is 5.32 Å². The smallest absolute Gasteiger partial charge is 0.0619 e. The summed E-state index contributed by atoms with van der Waals surface area (Å²) in [5.41, 5.74) is -0.444. The summed E-state index contributed by atoms with van der Waals surface area (Å²) in [7, 11) is 0. The third-order valence-corrected chi connectivity index (χ3v) is 5.32. The van der Waals surface area contributed by atoms with E-state index < -0.39 is 5.60 Å². The molecule has 17 heavy (non-hydrogen) atoms. The Morgan fingerprint density at radius 1 is 1.24 bits per heavy atom. The molecule has 0 spiro atoms. The molecule has 2 N–H and O–H groups in total. The Bertz CT molecular complexity index is 251. The molecule has 0 amide bonds. The summed E-state index contributed by atoms with van der Waals surface area (Å²) in [4.78, 5) is 0. The van der Waals surface area contributed by atoms with Crippen molar-refractivity contribution in [3.8, 4) is 0 Å². The van der Waals surface area contributed by atoms with Crippen molar-refractivity contribution in [2.24, 2.45) is 17.8 Å². The van der Waals surface area contributed by atoms with Crippen LogP contribution in [0, 0.1) is 17.8 Å². The van der Waals surface area contributed by atoms with Crippen LogP contribution in [0.2, 0.25) is 0 Å². The van der Waals surface area contributed by atoms with Gasteiger partial charge in [0.05, 0.1) is 5.60 Å². The first-order valence-corrected chi connectivity index (χ1v) is 7.49. The number of aliphatic hydroxyl groups is 1. The molecule has 0 aromatic rings. The quantitative estimate of drug-likeness (QED) is 0.793. The largest absolute Gasteiger partial charge is 0.390 e. The van der Waals surface area contributed by atoms with Gasteiger partial charge in [0.1, 0.15) is 0 Å². The molecular formula is C15H29NO. The Kier molecular flexibility index (Phi) is 4.14. The van der Waals surface area contributed by atoms with E-state index in [1.807, 2.05) is 6.92 Å². The SMILES string of the molecule is CCC(C)(O)C[C@@H]1CCC[C@H]2[C@H]1CCN[C@H]2C. The van der Waals surface area contributed by atoms with Crippen LogP contribution in [0.1, 0.15) is 59.3 Å². The molecule has 1 heterocycles. The zero-order valence-corrected chi connectivity index (χ0v) is 11.7. The maximum absolute atomic E-state index is 10.3. The van der Waals surface area contributed by atoms with E-state index in [9.17, 15) is 5.11 Å². The Balaban J connectivity index is 2.02. The van der Waals surface area contributed by atoms with Gasteiger partial charge < -0.3 is 10.4 Å². The normalized spacial score (nSPS) is 41.6. The molecule has 2 fully saturated rings. The van der Waals surface area contributed by atoms with Crippen molar-refractivity contribution >= 4 is 0 Å². The molecule has 0 aromatic heterocycles. The zero-order valence-electron chi connectivity index (χ0n) is 11.7. The number of fused-ring (bicyclic) bond motifs is 1. The molecule has 2 nitrogen and oxygen atoms in total. The van der Waals surface area contributed by atoms with Crippen LogP contribution in [0.25, 0.3) is 0 Å². The molecule has 0 radical (unpaired) electrons. The van der Waals surface area contributed by atoms with E-state index in [2.05, 4.69) is 19.2 Å². The van der Waals surface area contributed by atoms with E-state index in [4.69, 9.17) is 0 Å². The molecule has 1 saturated carbocycles. The van der Waals surface area contributed by atoms with E-state index in [1.165, 1.54) is 32.2 Å². The molecule has 0 aromatic carbocycles. The highest BCUT2D eigenvalue weighted by Crippen LogP contribution is 2.44. The number of hydrogen-bond donors (Lipinski definition) is 2. The molecule has 1 aliphatic carbocycles. The van der Waals surface area contributed by atoms with Gasteiger partial charge in [-0.2, -0.15) is 0 Å². The van der Waals surface area contributed by atoms with Crippen LogP contribution in [-0.2, 0) is 0 Å². The monoisotopic (exact) mass is 239 g/mol. The van der Waals surface area contributed by atoms with E-state index in [0.717, 1.165) is 30.6 Å². The predicted molar refractivity (Wildman–Crippen MR) is 71.9 cm³/mol. The van der Waals surface area contributed by atoms with Gasteiger partial charge in [0.25, 0.3) is 0 Å². The first kappa shape index (κ1) is 13.4. The summed E-state index contributed by atoms with van der Waals surface area (Å²) in [6, 6.07) is 0.683. The Hall–Kier alpha value is -0.0800. The molecule has 1 unspecified atom stereocenters. The third kappa shape index (κ3) is 3.03. The van der Waals surface area contributed by atoms with E-state index in [0.29, 0.717) is 6.04 Å². The second-order valence-corrected chi connectivity index (χ2v) is 6.60. The molecule has 2 heteroatoms. The van der Waals surface area contributed by atoms with Crippen molar-refractivity contribution in [2.45, 2.75) is 70.9 Å². The van der Waals surface area contributed by atoms with Gasteiger partial charge >= 0.3 is 0 Å². The molecule has 2 aliphatic rings. The maximum Gasteiger partial charge on any atom is 0.0619 e. The number of hydrogen-bond acceptors (Lipinski definition) is 2. The summed E-state index contributed by atoms with van der Waals surface area (Å²) in [5.74, 6) is 2.47. The molecule has 100 valence electrons. The topological polar surface area (TPSA) is 32.3 Å². The highest BCUT2D eigenvalue weighted by molar-refractivity contribution is 4.93. The lowest BCUT2D eigenvalue weighted by molar-refractivity contribution is -0.0105. The van der Waals surface area contributed by atoms with Crippen molar-refractivity contribution < 1.29 is 5.11 Å². The van der Waals surface area contributed by atoms with Gasteiger partial charge in [-0.05, 0) is 63.8 Å². The highest BCUT2D eigenvalue weighted by Gasteiger charge is 2.40. The molecule has 0 bridgehead atoms. The number of piperidine rings is 1. The fraction of sp³-hybridized carbons (Fsp3) is 1.00. The van der Waals surface area contributed by atoms with Crippen molar-refractivity contribution in [3.63, 3.8) is 0 Å². The van der Waals surface area contributed by atoms with Gasteiger partial charge in [-0.3, -0.25) is 0 Å². The number of rotatable bonds is 3. The maximum atomic E-state index is 10.3. The Morgan fingerprint density at radius 2 is 2.00 bits per heavy atom. The van der Waals surface area contributed by atoms with Crippen LogP contribution in [0.3, 0.4) is 0 Å². The average molecular weight is 239 g/mol. The van der Waals surface area contributed by atoms with E-state index in [-0.39, 0.29) is 0 Å². The van der Waals surface area contributed by atoms with Crippen molar-refractivity contribution in [2.75, 3.05) is 6.54 Å². The molecule has 1 saturated heterocycles. The van der Waals surface area contributed by atoms with Crippen LogP contribution in [0.4, 0.5) is 0 Å². The third-order valence-electron chi connectivity index (χ3n) is 5.32. The minimum Gasteiger partial charge on any atom is -0.390 e. The molecular weight excluding hydrogens is 210 g/mol. The lowest BCUT2D eigenvalue weighted by Crippen LogP contribution is -2.49. The van der Waals surface area contributed by atoms with Crippen LogP contribution < -0.4 is 5.32 Å². The molecule has 5 atom stereocenters. The van der Waals surface area contributed by atoms with Gasteiger partial charge in [0, 0.05) is 6.04 Å². The fourth-order valence-corrected chi connectivity index (χ4v) is 4.06. The highest BCUT2D eigenvalue weighted by atomic mass is 16.3. The Morgan fingerprint density at radius 3 is 2.71 bits per heavy atom. The van der Waals surface area contributed by atoms with Crippen LogP contribution in [0.5, 0.6) is 0 Å². The minimum absolute atomic E-state index is 0.444. The first-order valence-electron chi connectivity index (χ1n) is 7.49. The molecule has 1 aliphatic heterocycles. The fourth-order valence-electron chi connectivity index (χ4n) is 4.06. The van der Waals surface area contributed by atoms with E-state index in [1.54, 1.807) is 0 Å². The van der Waals surface area contributed by atoms with Crippen molar-refractivity contribution in [1.29, 1.82) is 0 Å². The second kappa shape index (κ2) is 5.27. The van der Waals surface area contributed by atoms with E-state index >= 15 is 0 Å². The summed E-state index contributed by atoms with van der Waals surface area (Å²) >= 11 is 0. The van der Waals surface area contributed by atoms with Gasteiger partial charge in [-0.1, -0.05) is 19.8 Å². The average Bonchev–Trinajstić information content (AvgIpc) is 2.30. The summed E-state index contributed by atoms with van der Waals surface area (Å²) in [6.45, 7) is 7.64. The van der Waals surface area contributed by atoms with Crippen LogP contribution in [0.15, 0.2) is 0 Å². The molecule has 2 rings (SSSR count). The van der Waals surface area contributed by atoms with Gasteiger partial charge in [-0.15, -0.1) is 0 Å². The first-order chi connectivity index (χ1) is 8.03. The van der Waals surface area contributed by atoms with Gasteiger partial charge in [-0.25, -0.2) is 0 Å². The lowest BCUT2D eigenvalue weighted by Gasteiger charge is -2.46. The standard InChI is InChI=1S/C15H29NO/c1-4-15(3,17)10-12-6-5-7-13-11(2)16-9-8-14(12)13/h11-14,16-17H,4-10H2,1-3H3/t11-,12-,13+,14-,15?/m0/s1. The zero-order chi connectivity index (χ0) is 12.5. The van der Waals surface area contributed by atoms with Crippen LogP contribution >= 0.6 is 0 Å². The van der Waals surface area contributed by atoms with Crippen LogP contribution in [-0.4, -0.2) is 23.3 Å². The summed E-state index contributed by atoms with van der Waals surface area (Å²) in [6.07, 6.45) is 7.30. The van der Waals surface area contributed by atoms with Gasteiger partial charge in [0.2, 0.25) is 0 Å². The summed E-state index contributed by atoms with van der Waals surface area (Å²) in [5, 5.41) is 13.9. The van der Waals surface area contributed by atoms with Gasteiger partial charge in [0.15, 0.2) is 0 Å². The summed E-state index contributed by atoms with van der Waals surface area (Å²) < 4.78 is 0.